The maximum absolute atomic E-state index is 10.7. The zero-order chi connectivity index (χ0) is 12.4. The topological polar surface area (TPSA) is 70.4 Å². The van der Waals surface area contributed by atoms with Gasteiger partial charge in [-0.25, -0.2) is 4.79 Å². The minimum Gasteiger partial charge on any atom is -0.508 e. The fourth-order valence-electron chi connectivity index (χ4n) is 1.39. The minimum absolute atomic E-state index is 0.0394. The molecular formula is C12H8ClNO3. The van der Waals surface area contributed by atoms with E-state index in [-0.39, 0.29) is 16.3 Å². The van der Waals surface area contributed by atoms with Crippen LogP contribution in [0.25, 0.3) is 11.3 Å². The van der Waals surface area contributed by atoms with Crippen LogP contribution in [0.3, 0.4) is 0 Å². The predicted octanol–water partition coefficient (Wildman–Crippen LogP) is 2.81. The van der Waals surface area contributed by atoms with E-state index in [1.165, 1.54) is 24.4 Å². The van der Waals surface area contributed by atoms with Crippen molar-refractivity contribution in [2.45, 2.75) is 0 Å². The van der Waals surface area contributed by atoms with Crippen LogP contribution in [0.2, 0.25) is 5.02 Å². The molecule has 1 aromatic carbocycles. The summed E-state index contributed by atoms with van der Waals surface area (Å²) in [6.07, 6.45) is 1.25. The first kappa shape index (κ1) is 11.4. The minimum atomic E-state index is -1.07. The highest BCUT2D eigenvalue weighted by molar-refractivity contribution is 6.33. The Labute approximate surface area is 102 Å². The van der Waals surface area contributed by atoms with Gasteiger partial charge in [-0.15, -0.1) is 0 Å². The molecule has 0 aliphatic heterocycles. The number of carboxylic acids is 1. The maximum atomic E-state index is 10.7. The number of benzene rings is 1. The Morgan fingerprint density at radius 2 is 1.88 bits per heavy atom. The highest BCUT2D eigenvalue weighted by Crippen LogP contribution is 2.27. The van der Waals surface area contributed by atoms with Crippen LogP contribution in [-0.2, 0) is 0 Å². The van der Waals surface area contributed by atoms with E-state index >= 15 is 0 Å². The highest BCUT2D eigenvalue weighted by atomic mass is 35.5. The third kappa shape index (κ3) is 2.37. The molecule has 0 aliphatic carbocycles. The van der Waals surface area contributed by atoms with Gasteiger partial charge in [-0.3, -0.25) is 4.98 Å². The molecule has 5 heteroatoms. The Kier molecular flexibility index (Phi) is 2.97. The quantitative estimate of drug-likeness (QED) is 0.859. The van der Waals surface area contributed by atoms with E-state index in [9.17, 15) is 4.79 Å². The van der Waals surface area contributed by atoms with Crippen LogP contribution in [0.4, 0.5) is 0 Å². The third-order valence-electron chi connectivity index (χ3n) is 2.23. The average molecular weight is 250 g/mol. The molecule has 1 aromatic heterocycles. The first-order valence-electron chi connectivity index (χ1n) is 4.76. The van der Waals surface area contributed by atoms with Crippen LogP contribution in [-0.4, -0.2) is 21.2 Å². The van der Waals surface area contributed by atoms with Crippen molar-refractivity contribution in [2.75, 3.05) is 0 Å². The summed E-state index contributed by atoms with van der Waals surface area (Å²) in [7, 11) is 0. The molecule has 86 valence electrons. The molecule has 0 radical (unpaired) electrons. The van der Waals surface area contributed by atoms with Gasteiger partial charge in [-0.2, -0.15) is 0 Å². The van der Waals surface area contributed by atoms with Crippen molar-refractivity contribution in [2.24, 2.45) is 0 Å². The van der Waals surface area contributed by atoms with E-state index in [0.29, 0.717) is 11.3 Å². The van der Waals surface area contributed by atoms with Crippen molar-refractivity contribution in [1.82, 2.24) is 4.98 Å². The Balaban J connectivity index is 2.46. The van der Waals surface area contributed by atoms with Gasteiger partial charge in [-0.1, -0.05) is 11.6 Å². The summed E-state index contributed by atoms with van der Waals surface area (Å²) in [4.78, 5) is 14.7. The van der Waals surface area contributed by atoms with E-state index in [1.54, 1.807) is 12.1 Å². The smallest absolute Gasteiger partial charge is 0.337 e. The van der Waals surface area contributed by atoms with Gasteiger partial charge in [0.05, 0.1) is 16.3 Å². The summed E-state index contributed by atoms with van der Waals surface area (Å²) >= 11 is 5.96. The van der Waals surface area contributed by atoms with E-state index < -0.39 is 5.97 Å². The van der Waals surface area contributed by atoms with Crippen molar-refractivity contribution >= 4 is 17.6 Å². The van der Waals surface area contributed by atoms with Gasteiger partial charge < -0.3 is 10.2 Å². The summed E-state index contributed by atoms with van der Waals surface area (Å²) in [5.41, 5.74) is 1.24. The Morgan fingerprint density at radius 3 is 2.41 bits per heavy atom. The number of hydrogen-bond donors (Lipinski definition) is 2. The molecule has 0 aliphatic rings. The number of phenolic OH excluding ortho intramolecular Hbond substituents is 1. The number of pyridine rings is 1. The molecule has 0 amide bonds. The standard InChI is InChI=1S/C12H8ClNO3/c13-10-5-8(12(16)17)6-14-11(10)7-1-3-9(15)4-2-7/h1-6,15H,(H,16,17). The molecule has 2 rings (SSSR count). The molecule has 0 bridgehead atoms. The Hall–Kier alpha value is -2.07. The lowest BCUT2D eigenvalue weighted by Gasteiger charge is -2.04. The molecule has 2 aromatic rings. The summed E-state index contributed by atoms with van der Waals surface area (Å²) in [6, 6.07) is 7.68. The second kappa shape index (κ2) is 4.43. The Morgan fingerprint density at radius 1 is 1.24 bits per heavy atom. The molecule has 1 heterocycles. The number of carboxylic acid groups (broad SMARTS) is 1. The van der Waals surface area contributed by atoms with Crippen molar-refractivity contribution in [3.63, 3.8) is 0 Å². The van der Waals surface area contributed by atoms with Crippen molar-refractivity contribution in [3.05, 3.63) is 47.1 Å². The van der Waals surface area contributed by atoms with Crippen molar-refractivity contribution in [1.29, 1.82) is 0 Å². The molecule has 4 nitrogen and oxygen atoms in total. The normalized spacial score (nSPS) is 10.2. The van der Waals surface area contributed by atoms with Crippen LogP contribution in [0.15, 0.2) is 36.5 Å². The van der Waals surface area contributed by atoms with E-state index in [0.717, 1.165) is 0 Å². The maximum Gasteiger partial charge on any atom is 0.337 e. The number of hydrogen-bond acceptors (Lipinski definition) is 3. The van der Waals surface area contributed by atoms with Gasteiger partial charge in [0.1, 0.15) is 5.75 Å². The van der Waals surface area contributed by atoms with Gasteiger partial charge in [-0.05, 0) is 30.3 Å². The zero-order valence-corrected chi connectivity index (χ0v) is 9.35. The molecule has 17 heavy (non-hydrogen) atoms. The van der Waals surface area contributed by atoms with Crippen LogP contribution in [0.1, 0.15) is 10.4 Å². The van der Waals surface area contributed by atoms with Crippen molar-refractivity contribution in [3.8, 4) is 17.0 Å². The van der Waals surface area contributed by atoms with Gasteiger partial charge in [0.2, 0.25) is 0 Å². The number of halogens is 1. The summed E-state index contributed by atoms with van der Waals surface area (Å²) in [5, 5.41) is 18.2. The van der Waals surface area contributed by atoms with Crippen LogP contribution in [0, 0.1) is 0 Å². The first-order valence-corrected chi connectivity index (χ1v) is 5.14. The summed E-state index contributed by atoms with van der Waals surface area (Å²) in [5.74, 6) is -0.927. The molecule has 0 fully saturated rings. The molecule has 0 saturated carbocycles. The molecule has 0 atom stereocenters. The number of aromatic nitrogens is 1. The SMILES string of the molecule is O=C(O)c1cnc(-c2ccc(O)cc2)c(Cl)c1. The van der Waals surface area contributed by atoms with E-state index in [1.807, 2.05) is 0 Å². The summed E-state index contributed by atoms with van der Waals surface area (Å²) < 4.78 is 0. The number of phenols is 1. The van der Waals surface area contributed by atoms with Crippen LogP contribution in [0.5, 0.6) is 5.75 Å². The zero-order valence-electron chi connectivity index (χ0n) is 8.59. The number of nitrogens with zero attached hydrogens (tertiary/aromatic N) is 1. The number of carbonyl (C=O) groups is 1. The molecule has 0 saturated heterocycles. The lowest BCUT2D eigenvalue weighted by molar-refractivity contribution is 0.0696. The molecule has 0 unspecified atom stereocenters. The lowest BCUT2D eigenvalue weighted by atomic mass is 10.1. The summed E-state index contributed by atoms with van der Waals surface area (Å²) in [6.45, 7) is 0. The molecule has 2 N–H and O–H groups in total. The van der Waals surface area contributed by atoms with Gasteiger partial charge in [0.25, 0.3) is 0 Å². The van der Waals surface area contributed by atoms with E-state index in [4.69, 9.17) is 21.8 Å². The fourth-order valence-corrected chi connectivity index (χ4v) is 1.66. The number of rotatable bonds is 2. The average Bonchev–Trinajstić information content (AvgIpc) is 2.30. The molecule has 0 spiro atoms. The lowest BCUT2D eigenvalue weighted by Crippen LogP contribution is -1.98. The monoisotopic (exact) mass is 249 g/mol. The van der Waals surface area contributed by atoms with Crippen LogP contribution < -0.4 is 0 Å². The first-order chi connectivity index (χ1) is 8.08. The predicted molar refractivity (Wildman–Crippen MR) is 63.3 cm³/mol. The van der Waals surface area contributed by atoms with Gasteiger partial charge >= 0.3 is 5.97 Å². The third-order valence-corrected chi connectivity index (χ3v) is 2.52. The largest absolute Gasteiger partial charge is 0.508 e. The molecular weight excluding hydrogens is 242 g/mol. The van der Waals surface area contributed by atoms with Crippen LogP contribution >= 0.6 is 11.6 Å². The van der Waals surface area contributed by atoms with Crippen molar-refractivity contribution < 1.29 is 15.0 Å². The second-order valence-corrected chi connectivity index (χ2v) is 3.81. The Bertz CT molecular complexity index is 566. The fraction of sp³-hybridized carbons (Fsp3) is 0. The second-order valence-electron chi connectivity index (χ2n) is 3.41. The van der Waals surface area contributed by atoms with E-state index in [2.05, 4.69) is 4.98 Å². The van der Waals surface area contributed by atoms with Gasteiger partial charge in [0, 0.05) is 11.8 Å². The number of aromatic hydroxyl groups is 1. The number of aromatic carboxylic acids is 1. The van der Waals surface area contributed by atoms with Gasteiger partial charge in [0.15, 0.2) is 0 Å². The highest BCUT2D eigenvalue weighted by Gasteiger charge is 2.09.